The molecular weight excluding hydrogens is 318 g/mol. The van der Waals surface area contributed by atoms with E-state index in [0.29, 0.717) is 11.5 Å². The minimum atomic E-state index is -0.313. The van der Waals surface area contributed by atoms with Gasteiger partial charge in [-0.15, -0.1) is 0 Å². The molecule has 0 amide bonds. The van der Waals surface area contributed by atoms with Crippen molar-refractivity contribution in [3.63, 3.8) is 0 Å². The number of rotatable bonds is 3. The topological polar surface area (TPSA) is 118 Å². The third-order valence-corrected chi connectivity index (χ3v) is 4.27. The molecule has 25 heavy (non-hydrogen) atoms. The SMILES string of the molecule is CCc1n[nH]c2c1C(c1ccc(-n3cncn3)cc1)C(C#N)=C(N)O2. The van der Waals surface area contributed by atoms with Crippen molar-refractivity contribution in [1.29, 1.82) is 5.26 Å². The molecule has 2 aromatic heterocycles. The summed E-state index contributed by atoms with van der Waals surface area (Å²) in [5.74, 6) is 0.289. The number of allylic oxidation sites excluding steroid dienone is 1. The van der Waals surface area contributed by atoms with Gasteiger partial charge in [-0.25, -0.2) is 14.8 Å². The molecule has 3 N–H and O–H groups in total. The molecule has 124 valence electrons. The summed E-state index contributed by atoms with van der Waals surface area (Å²) in [5, 5.41) is 20.9. The number of hydrogen-bond donors (Lipinski definition) is 2. The molecule has 3 heterocycles. The minimum Gasteiger partial charge on any atom is -0.422 e. The van der Waals surface area contributed by atoms with Gasteiger partial charge in [-0.1, -0.05) is 19.1 Å². The molecule has 0 saturated carbocycles. The summed E-state index contributed by atoms with van der Waals surface area (Å²) < 4.78 is 7.22. The number of nitrogens with zero attached hydrogens (tertiary/aromatic N) is 5. The maximum Gasteiger partial charge on any atom is 0.221 e. The standard InChI is InChI=1S/C17H15N7O/c1-2-13-15-14(12(7-18)16(19)25-17(15)23-22-13)10-3-5-11(6-4-10)24-9-20-8-21-24/h3-6,8-9,14H,2,19H2,1H3,(H,22,23). The Morgan fingerprint density at radius 1 is 1.36 bits per heavy atom. The van der Waals surface area contributed by atoms with Crippen LogP contribution >= 0.6 is 0 Å². The highest BCUT2D eigenvalue weighted by atomic mass is 16.5. The quantitative estimate of drug-likeness (QED) is 0.754. The molecule has 1 atom stereocenters. The molecule has 8 nitrogen and oxygen atoms in total. The van der Waals surface area contributed by atoms with Gasteiger partial charge in [0.25, 0.3) is 0 Å². The van der Waals surface area contributed by atoms with Crippen molar-refractivity contribution >= 4 is 0 Å². The van der Waals surface area contributed by atoms with Crippen LogP contribution in [0.5, 0.6) is 5.88 Å². The number of aryl methyl sites for hydroxylation is 1. The Hall–Kier alpha value is -3.60. The second-order valence-corrected chi connectivity index (χ2v) is 5.62. The van der Waals surface area contributed by atoms with Gasteiger partial charge >= 0.3 is 0 Å². The fraction of sp³-hybridized carbons (Fsp3) is 0.176. The lowest BCUT2D eigenvalue weighted by Crippen LogP contribution is -2.21. The Bertz CT molecular complexity index is 977. The summed E-state index contributed by atoms with van der Waals surface area (Å²) in [6.45, 7) is 2.01. The summed E-state index contributed by atoms with van der Waals surface area (Å²) in [6.07, 6.45) is 3.83. The molecule has 4 rings (SSSR count). The molecule has 1 aromatic carbocycles. The van der Waals surface area contributed by atoms with Gasteiger partial charge in [0.2, 0.25) is 11.8 Å². The van der Waals surface area contributed by atoms with E-state index in [2.05, 4.69) is 26.3 Å². The van der Waals surface area contributed by atoms with E-state index in [0.717, 1.165) is 28.9 Å². The molecule has 0 aliphatic carbocycles. The number of hydrogen-bond acceptors (Lipinski definition) is 6. The fourth-order valence-electron chi connectivity index (χ4n) is 3.08. The van der Waals surface area contributed by atoms with Crippen LogP contribution in [0.25, 0.3) is 5.69 Å². The Morgan fingerprint density at radius 2 is 2.16 bits per heavy atom. The summed E-state index contributed by atoms with van der Waals surface area (Å²) in [5.41, 5.74) is 9.88. The highest BCUT2D eigenvalue weighted by Gasteiger charge is 2.34. The lowest BCUT2D eigenvalue weighted by Gasteiger charge is -2.24. The van der Waals surface area contributed by atoms with Gasteiger partial charge in [0, 0.05) is 0 Å². The molecule has 0 saturated heterocycles. The number of nitrogens with two attached hydrogens (primary N) is 1. The predicted octanol–water partition coefficient (Wildman–Crippen LogP) is 1.77. The Labute approximate surface area is 143 Å². The number of aromatic nitrogens is 5. The van der Waals surface area contributed by atoms with E-state index in [1.54, 1.807) is 11.0 Å². The summed E-state index contributed by atoms with van der Waals surface area (Å²) in [7, 11) is 0. The van der Waals surface area contributed by atoms with Crippen LogP contribution in [0.3, 0.4) is 0 Å². The summed E-state index contributed by atoms with van der Waals surface area (Å²) >= 11 is 0. The van der Waals surface area contributed by atoms with Crippen molar-refractivity contribution in [3.05, 3.63) is 65.2 Å². The Balaban J connectivity index is 1.83. The number of H-pyrrole nitrogens is 1. The molecule has 1 aliphatic rings. The molecule has 0 spiro atoms. The van der Waals surface area contributed by atoms with Crippen LogP contribution in [0.4, 0.5) is 0 Å². The molecule has 1 aliphatic heterocycles. The van der Waals surface area contributed by atoms with Crippen LogP contribution in [0, 0.1) is 11.3 Å². The molecule has 3 aromatic rings. The molecule has 0 fully saturated rings. The highest BCUT2D eigenvalue weighted by Crippen LogP contribution is 2.42. The van der Waals surface area contributed by atoms with E-state index in [4.69, 9.17) is 10.5 Å². The van der Waals surface area contributed by atoms with E-state index in [9.17, 15) is 5.26 Å². The maximum absolute atomic E-state index is 9.60. The van der Waals surface area contributed by atoms with Gasteiger partial charge in [0.1, 0.15) is 24.3 Å². The average Bonchev–Trinajstić information content (AvgIpc) is 3.30. The third-order valence-electron chi connectivity index (χ3n) is 4.27. The van der Waals surface area contributed by atoms with Crippen molar-refractivity contribution in [2.45, 2.75) is 19.3 Å². The molecular formula is C17H15N7O. The first kappa shape index (κ1) is 15.0. The highest BCUT2D eigenvalue weighted by molar-refractivity contribution is 5.55. The lowest BCUT2D eigenvalue weighted by molar-refractivity contribution is 0.378. The number of nitrogens with one attached hydrogen (secondary N) is 1. The zero-order chi connectivity index (χ0) is 17.4. The van der Waals surface area contributed by atoms with E-state index in [1.807, 2.05) is 31.2 Å². The van der Waals surface area contributed by atoms with Gasteiger partial charge in [-0.2, -0.15) is 15.5 Å². The number of fused-ring (bicyclic) bond motifs is 1. The second kappa shape index (κ2) is 5.79. The van der Waals surface area contributed by atoms with Gasteiger partial charge in [0.05, 0.1) is 22.9 Å². The summed E-state index contributed by atoms with van der Waals surface area (Å²) in [6, 6.07) is 9.94. The van der Waals surface area contributed by atoms with Crippen LogP contribution in [-0.2, 0) is 6.42 Å². The van der Waals surface area contributed by atoms with Crippen molar-refractivity contribution in [2.24, 2.45) is 5.73 Å². The van der Waals surface area contributed by atoms with Crippen molar-refractivity contribution in [1.82, 2.24) is 25.0 Å². The number of benzene rings is 1. The maximum atomic E-state index is 9.60. The van der Waals surface area contributed by atoms with Crippen LogP contribution < -0.4 is 10.5 Å². The zero-order valence-electron chi connectivity index (χ0n) is 13.5. The van der Waals surface area contributed by atoms with Crippen molar-refractivity contribution < 1.29 is 4.74 Å². The van der Waals surface area contributed by atoms with Crippen LogP contribution in [0.1, 0.15) is 29.7 Å². The third kappa shape index (κ3) is 2.33. The molecule has 0 radical (unpaired) electrons. The monoisotopic (exact) mass is 333 g/mol. The zero-order valence-corrected chi connectivity index (χ0v) is 13.5. The van der Waals surface area contributed by atoms with Crippen molar-refractivity contribution in [3.8, 4) is 17.6 Å². The van der Waals surface area contributed by atoms with E-state index in [-0.39, 0.29) is 11.8 Å². The molecule has 1 unspecified atom stereocenters. The summed E-state index contributed by atoms with van der Waals surface area (Å²) in [4.78, 5) is 3.95. The largest absolute Gasteiger partial charge is 0.422 e. The first-order valence-corrected chi connectivity index (χ1v) is 7.82. The van der Waals surface area contributed by atoms with Crippen LogP contribution in [0.2, 0.25) is 0 Å². The molecule has 0 bridgehead atoms. The van der Waals surface area contributed by atoms with E-state index < -0.39 is 0 Å². The van der Waals surface area contributed by atoms with Crippen LogP contribution in [0.15, 0.2) is 48.4 Å². The fourth-order valence-corrected chi connectivity index (χ4v) is 3.08. The number of aromatic amines is 1. The molecule has 8 heteroatoms. The van der Waals surface area contributed by atoms with E-state index >= 15 is 0 Å². The first-order chi connectivity index (χ1) is 12.2. The van der Waals surface area contributed by atoms with Crippen LogP contribution in [-0.4, -0.2) is 25.0 Å². The average molecular weight is 333 g/mol. The lowest BCUT2D eigenvalue weighted by atomic mass is 9.83. The Morgan fingerprint density at radius 3 is 2.80 bits per heavy atom. The van der Waals surface area contributed by atoms with Gasteiger partial charge in [-0.05, 0) is 24.1 Å². The first-order valence-electron chi connectivity index (χ1n) is 7.82. The number of ether oxygens (including phenoxy) is 1. The van der Waals surface area contributed by atoms with Crippen molar-refractivity contribution in [2.75, 3.05) is 0 Å². The number of nitriles is 1. The van der Waals surface area contributed by atoms with Gasteiger partial charge < -0.3 is 10.5 Å². The Kier molecular flexibility index (Phi) is 3.47. The van der Waals surface area contributed by atoms with E-state index in [1.165, 1.54) is 6.33 Å². The van der Waals surface area contributed by atoms with Gasteiger partial charge in [-0.3, -0.25) is 0 Å². The predicted molar refractivity (Wildman–Crippen MR) is 88.6 cm³/mol. The normalized spacial score (nSPS) is 16.2. The van der Waals surface area contributed by atoms with Gasteiger partial charge in [0.15, 0.2) is 0 Å². The minimum absolute atomic E-state index is 0.103. The second-order valence-electron chi connectivity index (χ2n) is 5.62. The smallest absolute Gasteiger partial charge is 0.221 e.